The normalized spacial score (nSPS) is 15.2. The molecule has 1 fully saturated rings. The zero-order valence-electron chi connectivity index (χ0n) is 14.4. The fourth-order valence-corrected chi connectivity index (χ4v) is 2.82. The first kappa shape index (κ1) is 16.5. The van der Waals surface area contributed by atoms with E-state index < -0.39 is 0 Å². The highest BCUT2D eigenvalue weighted by molar-refractivity contribution is 5.55. The number of nitrogens with zero attached hydrogens (tertiary/aromatic N) is 4. The fraction of sp³-hybridized carbons (Fsp3) is 0.500. The molecule has 0 aliphatic carbocycles. The summed E-state index contributed by atoms with van der Waals surface area (Å²) in [6.45, 7) is 6.11. The highest BCUT2D eigenvalue weighted by Gasteiger charge is 2.12. The summed E-state index contributed by atoms with van der Waals surface area (Å²) in [5, 5.41) is 11.4. The van der Waals surface area contributed by atoms with Crippen LogP contribution >= 0.6 is 0 Å². The molecule has 0 saturated carbocycles. The lowest BCUT2D eigenvalue weighted by molar-refractivity contribution is 0.242. The largest absolute Gasteiger partial charge is 0.491 e. The van der Waals surface area contributed by atoms with E-state index in [9.17, 15) is 0 Å². The van der Waals surface area contributed by atoms with E-state index in [1.807, 2.05) is 38.1 Å². The topological polar surface area (TPSA) is 63.2 Å². The zero-order valence-corrected chi connectivity index (χ0v) is 14.4. The van der Waals surface area contributed by atoms with Crippen molar-refractivity contribution in [1.29, 1.82) is 0 Å². The Morgan fingerprint density at radius 3 is 2.42 bits per heavy atom. The molecule has 0 amide bonds. The van der Waals surface area contributed by atoms with Gasteiger partial charge in [0.05, 0.1) is 12.3 Å². The molecule has 1 saturated heterocycles. The van der Waals surface area contributed by atoms with Crippen molar-refractivity contribution < 1.29 is 4.74 Å². The summed E-state index contributed by atoms with van der Waals surface area (Å²) in [7, 11) is 0. The number of nitrogens with one attached hydrogen (secondary N) is 1. The van der Waals surface area contributed by atoms with Gasteiger partial charge in [0, 0.05) is 18.8 Å². The van der Waals surface area contributed by atoms with E-state index in [2.05, 4.69) is 25.4 Å². The highest BCUT2D eigenvalue weighted by atomic mass is 16.5. The van der Waals surface area contributed by atoms with E-state index in [-0.39, 0.29) is 6.10 Å². The maximum Gasteiger partial charge on any atom is 0.249 e. The van der Waals surface area contributed by atoms with Crippen molar-refractivity contribution in [1.82, 2.24) is 15.2 Å². The van der Waals surface area contributed by atoms with Crippen LogP contribution in [0.5, 0.6) is 5.75 Å². The van der Waals surface area contributed by atoms with E-state index >= 15 is 0 Å². The van der Waals surface area contributed by atoms with E-state index in [1.54, 1.807) is 6.20 Å². The monoisotopic (exact) mass is 327 g/mol. The second-order valence-electron chi connectivity index (χ2n) is 6.36. The molecule has 1 N–H and O–H groups in total. The number of hydrogen-bond donors (Lipinski definition) is 1. The van der Waals surface area contributed by atoms with Crippen molar-refractivity contribution in [3.05, 3.63) is 30.5 Å². The summed E-state index contributed by atoms with van der Waals surface area (Å²) in [6, 6.07) is 7.79. The Hall–Kier alpha value is -2.37. The average molecular weight is 327 g/mol. The van der Waals surface area contributed by atoms with Gasteiger partial charge in [-0.05, 0) is 51.0 Å². The predicted octanol–water partition coefficient (Wildman–Crippen LogP) is 3.78. The van der Waals surface area contributed by atoms with Crippen LogP contribution in [0, 0.1) is 0 Å². The van der Waals surface area contributed by atoms with Crippen LogP contribution in [0.15, 0.2) is 30.5 Å². The smallest absolute Gasteiger partial charge is 0.249 e. The first-order valence-electron chi connectivity index (χ1n) is 8.69. The lowest BCUT2D eigenvalue weighted by atomic mass is 10.2. The van der Waals surface area contributed by atoms with E-state index in [4.69, 9.17) is 4.74 Å². The molecule has 1 aromatic heterocycles. The van der Waals surface area contributed by atoms with Crippen LogP contribution in [0.2, 0.25) is 0 Å². The van der Waals surface area contributed by atoms with Gasteiger partial charge >= 0.3 is 0 Å². The Bertz CT molecular complexity index is 636. The van der Waals surface area contributed by atoms with Gasteiger partial charge < -0.3 is 15.0 Å². The molecule has 1 aliphatic rings. The van der Waals surface area contributed by atoms with Crippen molar-refractivity contribution >= 4 is 17.5 Å². The third-order valence-electron chi connectivity index (χ3n) is 3.96. The van der Waals surface area contributed by atoms with Crippen LogP contribution in [0.25, 0.3) is 0 Å². The first-order chi connectivity index (χ1) is 11.7. The summed E-state index contributed by atoms with van der Waals surface area (Å²) in [4.78, 5) is 6.91. The number of aromatic nitrogens is 3. The molecule has 2 heterocycles. The number of benzene rings is 1. The first-order valence-corrected chi connectivity index (χ1v) is 8.69. The van der Waals surface area contributed by atoms with Crippen molar-refractivity contribution in [2.24, 2.45) is 0 Å². The molecule has 0 bridgehead atoms. The molecule has 24 heavy (non-hydrogen) atoms. The Kier molecular flexibility index (Phi) is 5.46. The molecule has 6 heteroatoms. The zero-order chi connectivity index (χ0) is 16.8. The molecule has 6 nitrogen and oxygen atoms in total. The summed E-state index contributed by atoms with van der Waals surface area (Å²) in [5.74, 6) is 2.27. The van der Waals surface area contributed by atoms with E-state index in [1.165, 1.54) is 25.7 Å². The minimum absolute atomic E-state index is 0.168. The lowest BCUT2D eigenvalue weighted by Crippen LogP contribution is -2.25. The van der Waals surface area contributed by atoms with Crippen LogP contribution in [-0.2, 0) is 0 Å². The summed E-state index contributed by atoms with van der Waals surface area (Å²) < 4.78 is 5.65. The van der Waals surface area contributed by atoms with Crippen molar-refractivity contribution in [2.45, 2.75) is 45.6 Å². The quantitative estimate of drug-likeness (QED) is 0.901. The average Bonchev–Trinajstić information content (AvgIpc) is 2.86. The molecule has 0 atom stereocenters. The maximum absolute atomic E-state index is 5.65. The molecule has 1 aliphatic heterocycles. The SMILES string of the molecule is CC(C)Oc1ccc(Nc2nncc(N3CCCCCC3)n2)cc1. The Morgan fingerprint density at radius 2 is 1.75 bits per heavy atom. The van der Waals surface area contributed by atoms with E-state index in [0.29, 0.717) is 5.95 Å². The van der Waals surface area contributed by atoms with Crippen molar-refractivity contribution in [3.8, 4) is 5.75 Å². The van der Waals surface area contributed by atoms with Crippen LogP contribution in [-0.4, -0.2) is 34.4 Å². The minimum Gasteiger partial charge on any atom is -0.491 e. The Morgan fingerprint density at radius 1 is 1.04 bits per heavy atom. The second-order valence-corrected chi connectivity index (χ2v) is 6.36. The van der Waals surface area contributed by atoms with Crippen LogP contribution < -0.4 is 15.0 Å². The van der Waals surface area contributed by atoms with Gasteiger partial charge in [0.15, 0.2) is 5.82 Å². The summed E-state index contributed by atoms with van der Waals surface area (Å²) >= 11 is 0. The number of ether oxygens (including phenoxy) is 1. The third kappa shape index (κ3) is 4.57. The minimum atomic E-state index is 0.168. The van der Waals surface area contributed by atoms with Gasteiger partial charge in [0.2, 0.25) is 5.95 Å². The van der Waals surface area contributed by atoms with Crippen LogP contribution in [0.4, 0.5) is 17.5 Å². The van der Waals surface area contributed by atoms with Gasteiger partial charge in [-0.1, -0.05) is 12.8 Å². The van der Waals surface area contributed by atoms with Crippen molar-refractivity contribution in [2.75, 3.05) is 23.3 Å². The highest BCUT2D eigenvalue weighted by Crippen LogP contribution is 2.21. The molecule has 1 aromatic carbocycles. The standard InChI is InChI=1S/C18H25N5O/c1-14(2)24-16-9-7-15(8-10-16)20-18-21-17(13-19-22-18)23-11-5-3-4-6-12-23/h7-10,13-14H,3-6,11-12H2,1-2H3,(H,20,21,22). The number of hydrogen-bond acceptors (Lipinski definition) is 6. The molecule has 0 unspecified atom stereocenters. The van der Waals surface area contributed by atoms with Gasteiger partial charge in [0.1, 0.15) is 5.75 Å². The third-order valence-corrected chi connectivity index (χ3v) is 3.96. The van der Waals surface area contributed by atoms with Crippen LogP contribution in [0.1, 0.15) is 39.5 Å². The summed E-state index contributed by atoms with van der Waals surface area (Å²) in [6.07, 6.45) is 6.93. The molecule has 128 valence electrons. The number of anilines is 3. The number of rotatable bonds is 5. The predicted molar refractivity (Wildman–Crippen MR) is 96.0 cm³/mol. The molecule has 0 spiro atoms. The molecule has 3 rings (SSSR count). The second kappa shape index (κ2) is 7.95. The Labute approximate surface area is 143 Å². The van der Waals surface area contributed by atoms with Crippen molar-refractivity contribution in [3.63, 3.8) is 0 Å². The fourth-order valence-electron chi connectivity index (χ4n) is 2.82. The van der Waals surface area contributed by atoms with Gasteiger partial charge in [-0.2, -0.15) is 10.1 Å². The lowest BCUT2D eigenvalue weighted by Gasteiger charge is -2.21. The Balaban J connectivity index is 1.67. The maximum atomic E-state index is 5.65. The molecular formula is C18H25N5O. The van der Waals surface area contributed by atoms with Gasteiger partial charge in [-0.3, -0.25) is 0 Å². The molecule has 0 radical (unpaired) electrons. The molecular weight excluding hydrogens is 302 g/mol. The summed E-state index contributed by atoms with van der Waals surface area (Å²) in [5.41, 5.74) is 0.918. The molecule has 2 aromatic rings. The van der Waals surface area contributed by atoms with Crippen LogP contribution in [0.3, 0.4) is 0 Å². The van der Waals surface area contributed by atoms with E-state index in [0.717, 1.165) is 30.3 Å². The van der Waals surface area contributed by atoms with Gasteiger partial charge in [0.25, 0.3) is 0 Å². The van der Waals surface area contributed by atoms with Gasteiger partial charge in [-0.15, -0.1) is 5.10 Å². The van der Waals surface area contributed by atoms with Gasteiger partial charge in [-0.25, -0.2) is 0 Å².